The molecule has 1 aliphatic rings. The molecule has 0 N–H and O–H groups in total. The minimum atomic E-state index is 0.764. The Hall–Kier alpha value is -0.370. The van der Waals surface area contributed by atoms with E-state index in [9.17, 15) is 0 Å². The van der Waals surface area contributed by atoms with Gasteiger partial charge in [-0.15, -0.1) is 0 Å². The Bertz CT molecular complexity index is 243. The normalized spacial score (nSPS) is 28.1. The topological polar surface area (TPSA) is 4.93 Å². The van der Waals surface area contributed by atoms with Crippen LogP contribution in [0.3, 0.4) is 0 Å². The zero-order chi connectivity index (χ0) is 9.10. The van der Waals surface area contributed by atoms with Gasteiger partial charge in [0.05, 0.1) is 0 Å². The maximum Gasteiger partial charge on any atom is 0.0449 e. The van der Waals surface area contributed by atoms with Crippen molar-refractivity contribution in [3.05, 3.63) is 24.5 Å². The minimum absolute atomic E-state index is 0.764. The molecule has 1 aromatic heterocycles. The molecule has 72 valence electrons. The summed E-state index contributed by atoms with van der Waals surface area (Å²) in [6, 6.07) is 5.03. The van der Waals surface area contributed by atoms with Crippen LogP contribution in [0.1, 0.15) is 32.2 Å². The second-order valence-corrected chi connectivity index (χ2v) is 5.14. The highest BCUT2D eigenvalue weighted by molar-refractivity contribution is 7.99. The molecule has 2 atom stereocenters. The van der Waals surface area contributed by atoms with Gasteiger partial charge >= 0.3 is 0 Å². The van der Waals surface area contributed by atoms with Gasteiger partial charge in [-0.05, 0) is 30.7 Å². The lowest BCUT2D eigenvalue weighted by Crippen LogP contribution is -2.14. The molecule has 1 aliphatic carbocycles. The third-order valence-electron chi connectivity index (χ3n) is 2.81. The van der Waals surface area contributed by atoms with Gasteiger partial charge in [-0.3, -0.25) is 0 Å². The van der Waals surface area contributed by atoms with E-state index in [0.717, 1.165) is 11.3 Å². The zero-order valence-corrected chi connectivity index (χ0v) is 8.96. The monoisotopic (exact) mass is 195 g/mol. The van der Waals surface area contributed by atoms with Crippen LogP contribution in [-0.4, -0.2) is 15.6 Å². The lowest BCUT2D eigenvalue weighted by atomic mass is 10.2. The standard InChI is InChI=1S/C11H17NS/c1-2-13-11-7-5-6-10(11)12-8-3-4-9-12/h3-4,8-11H,2,5-7H2,1H3. The molecule has 0 bridgehead atoms. The van der Waals surface area contributed by atoms with Crippen molar-refractivity contribution in [3.8, 4) is 0 Å². The van der Waals surface area contributed by atoms with Crippen molar-refractivity contribution in [3.63, 3.8) is 0 Å². The first kappa shape index (κ1) is 9.20. The van der Waals surface area contributed by atoms with E-state index in [1.165, 1.54) is 25.0 Å². The van der Waals surface area contributed by atoms with Crippen LogP contribution in [0.4, 0.5) is 0 Å². The first-order chi connectivity index (χ1) is 6.42. The SMILES string of the molecule is CCSC1CCCC1n1cccc1. The van der Waals surface area contributed by atoms with Crippen molar-refractivity contribution >= 4 is 11.8 Å². The maximum absolute atomic E-state index is 2.39. The summed E-state index contributed by atoms with van der Waals surface area (Å²) in [6.45, 7) is 2.26. The van der Waals surface area contributed by atoms with Gasteiger partial charge in [-0.2, -0.15) is 11.8 Å². The predicted octanol–water partition coefficient (Wildman–Crippen LogP) is 3.33. The van der Waals surface area contributed by atoms with Crippen LogP contribution in [0.15, 0.2) is 24.5 Å². The maximum atomic E-state index is 2.39. The van der Waals surface area contributed by atoms with Crippen LogP contribution < -0.4 is 0 Å². The Kier molecular flexibility index (Phi) is 2.99. The Morgan fingerprint density at radius 3 is 2.77 bits per heavy atom. The van der Waals surface area contributed by atoms with E-state index in [0.29, 0.717) is 0 Å². The first-order valence-electron chi connectivity index (χ1n) is 5.16. The van der Waals surface area contributed by atoms with E-state index >= 15 is 0 Å². The van der Waals surface area contributed by atoms with Crippen LogP contribution in [0.2, 0.25) is 0 Å². The Morgan fingerprint density at radius 1 is 1.31 bits per heavy atom. The largest absolute Gasteiger partial charge is 0.350 e. The van der Waals surface area contributed by atoms with Gasteiger partial charge in [0.1, 0.15) is 0 Å². The lowest BCUT2D eigenvalue weighted by molar-refractivity contribution is 0.531. The Morgan fingerprint density at radius 2 is 2.08 bits per heavy atom. The molecule has 0 radical (unpaired) electrons. The fourth-order valence-electron chi connectivity index (χ4n) is 2.22. The lowest BCUT2D eigenvalue weighted by Gasteiger charge is -2.20. The molecule has 1 fully saturated rings. The van der Waals surface area contributed by atoms with E-state index in [1.54, 1.807) is 0 Å². The van der Waals surface area contributed by atoms with Gasteiger partial charge in [0.25, 0.3) is 0 Å². The van der Waals surface area contributed by atoms with Gasteiger partial charge in [-0.1, -0.05) is 13.3 Å². The van der Waals surface area contributed by atoms with E-state index < -0.39 is 0 Å². The molecule has 13 heavy (non-hydrogen) atoms. The zero-order valence-electron chi connectivity index (χ0n) is 8.15. The molecular formula is C11H17NS. The van der Waals surface area contributed by atoms with E-state index in [2.05, 4.69) is 47.8 Å². The molecule has 1 nitrogen and oxygen atoms in total. The van der Waals surface area contributed by atoms with Crippen molar-refractivity contribution in [1.29, 1.82) is 0 Å². The molecule has 2 unspecified atom stereocenters. The summed E-state index contributed by atoms with van der Waals surface area (Å²) in [5, 5.41) is 0.859. The van der Waals surface area contributed by atoms with Gasteiger partial charge in [0, 0.05) is 23.7 Å². The molecule has 1 aromatic rings. The summed E-state index contributed by atoms with van der Waals surface area (Å²) in [5.74, 6) is 1.25. The smallest absolute Gasteiger partial charge is 0.0449 e. The molecule has 2 rings (SSSR count). The Balaban J connectivity index is 2.05. The quantitative estimate of drug-likeness (QED) is 0.716. The van der Waals surface area contributed by atoms with Gasteiger partial charge in [0.15, 0.2) is 0 Å². The van der Waals surface area contributed by atoms with Crippen LogP contribution in [0.5, 0.6) is 0 Å². The second kappa shape index (κ2) is 4.23. The third-order valence-corrected chi connectivity index (χ3v) is 4.12. The minimum Gasteiger partial charge on any atom is -0.350 e. The fourth-order valence-corrected chi connectivity index (χ4v) is 3.49. The van der Waals surface area contributed by atoms with Crippen LogP contribution in [0, 0.1) is 0 Å². The number of nitrogens with zero attached hydrogens (tertiary/aromatic N) is 1. The average Bonchev–Trinajstić information content (AvgIpc) is 2.71. The van der Waals surface area contributed by atoms with Crippen LogP contribution in [0.25, 0.3) is 0 Å². The number of hydrogen-bond donors (Lipinski definition) is 0. The molecule has 0 spiro atoms. The molecule has 2 heteroatoms. The fraction of sp³-hybridized carbons (Fsp3) is 0.636. The molecular weight excluding hydrogens is 178 g/mol. The first-order valence-corrected chi connectivity index (χ1v) is 6.20. The van der Waals surface area contributed by atoms with Crippen LogP contribution >= 0.6 is 11.8 Å². The van der Waals surface area contributed by atoms with Crippen molar-refractivity contribution in [2.24, 2.45) is 0 Å². The second-order valence-electron chi connectivity index (χ2n) is 3.62. The summed E-state index contributed by atoms with van der Waals surface area (Å²) in [7, 11) is 0. The van der Waals surface area contributed by atoms with Crippen molar-refractivity contribution < 1.29 is 0 Å². The highest BCUT2D eigenvalue weighted by Gasteiger charge is 2.27. The number of thioether (sulfide) groups is 1. The summed E-state index contributed by atoms with van der Waals surface area (Å²) in [6.07, 6.45) is 8.59. The summed E-state index contributed by atoms with van der Waals surface area (Å²) in [4.78, 5) is 0. The number of aromatic nitrogens is 1. The van der Waals surface area contributed by atoms with Gasteiger partial charge in [-0.25, -0.2) is 0 Å². The van der Waals surface area contributed by atoms with E-state index in [4.69, 9.17) is 0 Å². The molecule has 1 heterocycles. The molecule has 0 aromatic carbocycles. The van der Waals surface area contributed by atoms with Crippen molar-refractivity contribution in [1.82, 2.24) is 4.57 Å². The van der Waals surface area contributed by atoms with Gasteiger partial charge in [0.2, 0.25) is 0 Å². The summed E-state index contributed by atoms with van der Waals surface area (Å²) >= 11 is 2.12. The van der Waals surface area contributed by atoms with Gasteiger partial charge < -0.3 is 4.57 Å². The van der Waals surface area contributed by atoms with Crippen LogP contribution in [-0.2, 0) is 0 Å². The number of rotatable bonds is 3. The van der Waals surface area contributed by atoms with E-state index in [1.807, 2.05) is 0 Å². The third kappa shape index (κ3) is 1.93. The predicted molar refractivity (Wildman–Crippen MR) is 59.2 cm³/mol. The molecule has 1 saturated carbocycles. The van der Waals surface area contributed by atoms with E-state index in [-0.39, 0.29) is 0 Å². The summed E-state index contributed by atoms with van der Waals surface area (Å²) < 4.78 is 2.39. The molecule has 0 saturated heterocycles. The van der Waals surface area contributed by atoms with Crippen molar-refractivity contribution in [2.75, 3.05) is 5.75 Å². The summed E-state index contributed by atoms with van der Waals surface area (Å²) in [5.41, 5.74) is 0. The molecule has 0 amide bonds. The average molecular weight is 195 g/mol. The number of hydrogen-bond acceptors (Lipinski definition) is 1. The molecule has 0 aliphatic heterocycles. The van der Waals surface area contributed by atoms with Crippen molar-refractivity contribution in [2.45, 2.75) is 37.5 Å². The Labute approximate surface area is 84.5 Å². The highest BCUT2D eigenvalue weighted by Crippen LogP contribution is 2.38. The highest BCUT2D eigenvalue weighted by atomic mass is 32.2.